The molecule has 0 radical (unpaired) electrons. The zero-order valence-corrected chi connectivity index (χ0v) is 16.2. The maximum Gasteiger partial charge on any atom is 0.416 e. The van der Waals surface area contributed by atoms with E-state index in [0.717, 1.165) is 43.4 Å². The largest absolute Gasteiger partial charge is 0.416 e. The molecule has 1 aromatic rings. The molecule has 2 rings (SSSR count). The molecule has 0 aliphatic heterocycles. The first-order valence-electron chi connectivity index (χ1n) is 9.78. The molecule has 0 unspecified atom stereocenters. The van der Waals surface area contributed by atoms with Gasteiger partial charge in [-0.2, -0.15) is 13.2 Å². The second-order valence-corrected chi connectivity index (χ2v) is 7.00. The van der Waals surface area contributed by atoms with Gasteiger partial charge in [-0.1, -0.05) is 31.4 Å². The maximum absolute atomic E-state index is 12.6. The van der Waals surface area contributed by atoms with Gasteiger partial charge in [0.05, 0.1) is 5.56 Å². The van der Waals surface area contributed by atoms with E-state index in [0.29, 0.717) is 32.0 Å². The number of rotatable bonds is 7. The Morgan fingerprint density at radius 1 is 1.00 bits per heavy atom. The highest BCUT2D eigenvalue weighted by atomic mass is 19.4. The Morgan fingerprint density at radius 2 is 1.61 bits per heavy atom. The Hall–Kier alpha value is -2.25. The Balaban J connectivity index is 1.62. The quantitative estimate of drug-likeness (QED) is 0.376. The lowest BCUT2D eigenvalue weighted by Gasteiger charge is -2.21. The Morgan fingerprint density at radius 3 is 2.21 bits per heavy atom. The normalized spacial score (nSPS) is 15.9. The lowest BCUT2D eigenvalue weighted by atomic mass is 9.89. The molecule has 156 valence electrons. The molecule has 28 heavy (non-hydrogen) atoms. The topological polar surface area (TPSA) is 65.5 Å². The highest BCUT2D eigenvalue weighted by Crippen LogP contribution is 2.29. The summed E-state index contributed by atoms with van der Waals surface area (Å²) in [6.45, 7) is 1.62. The second-order valence-electron chi connectivity index (χ2n) is 7.00. The molecule has 1 aromatic carbocycles. The van der Waals surface area contributed by atoms with Crippen LogP contribution >= 0.6 is 0 Å². The molecule has 1 fully saturated rings. The number of aliphatic imine (C=N–C) groups is 1. The minimum absolute atomic E-state index is 0.131. The van der Waals surface area contributed by atoms with Crippen molar-refractivity contribution in [3.05, 3.63) is 35.4 Å². The summed E-state index contributed by atoms with van der Waals surface area (Å²) in [4.78, 5) is 16.2. The van der Waals surface area contributed by atoms with Gasteiger partial charge >= 0.3 is 6.18 Å². The third-order valence-electron chi connectivity index (χ3n) is 4.90. The van der Waals surface area contributed by atoms with Crippen LogP contribution in [-0.2, 0) is 17.4 Å². The van der Waals surface area contributed by atoms with E-state index in [2.05, 4.69) is 20.9 Å². The van der Waals surface area contributed by atoms with Crippen molar-refractivity contribution < 1.29 is 18.0 Å². The molecular weight excluding hydrogens is 369 g/mol. The second kappa shape index (κ2) is 10.9. The number of halogens is 3. The summed E-state index contributed by atoms with van der Waals surface area (Å²) in [6.07, 6.45) is 1.71. The third-order valence-corrected chi connectivity index (χ3v) is 4.90. The molecule has 5 nitrogen and oxygen atoms in total. The third kappa shape index (κ3) is 7.40. The van der Waals surface area contributed by atoms with E-state index in [1.54, 1.807) is 7.05 Å². The molecule has 0 saturated heterocycles. The van der Waals surface area contributed by atoms with Crippen molar-refractivity contribution in [3.63, 3.8) is 0 Å². The minimum atomic E-state index is -4.31. The standard InChI is InChI=1S/C20H29F3N4O/c1-24-19(27-14-13-25-18(28)16-5-3-2-4-6-16)26-12-11-15-7-9-17(10-8-15)20(21,22)23/h7-10,16H,2-6,11-14H2,1H3,(H,25,28)(H2,24,26,27). The number of carbonyl (C=O) groups excluding carboxylic acids is 1. The predicted molar refractivity (Wildman–Crippen MR) is 104 cm³/mol. The summed E-state index contributed by atoms with van der Waals surface area (Å²) in [7, 11) is 1.65. The van der Waals surface area contributed by atoms with E-state index < -0.39 is 11.7 Å². The molecule has 0 aromatic heterocycles. The SMILES string of the molecule is CN=C(NCCNC(=O)C1CCCCC1)NCCc1ccc(C(F)(F)F)cc1. The summed E-state index contributed by atoms with van der Waals surface area (Å²) in [5.41, 5.74) is 0.174. The monoisotopic (exact) mass is 398 g/mol. The van der Waals surface area contributed by atoms with Crippen LogP contribution in [0.3, 0.4) is 0 Å². The van der Waals surface area contributed by atoms with Gasteiger partial charge < -0.3 is 16.0 Å². The number of alkyl halides is 3. The lowest BCUT2D eigenvalue weighted by Crippen LogP contribution is -2.43. The van der Waals surface area contributed by atoms with Gasteiger partial charge in [-0.25, -0.2) is 0 Å². The van der Waals surface area contributed by atoms with Crippen molar-refractivity contribution >= 4 is 11.9 Å². The fourth-order valence-electron chi connectivity index (χ4n) is 3.28. The molecule has 0 spiro atoms. The van der Waals surface area contributed by atoms with Gasteiger partial charge in [0.1, 0.15) is 0 Å². The molecule has 0 bridgehead atoms. The first kappa shape index (κ1) is 22.0. The van der Waals surface area contributed by atoms with Crippen LogP contribution in [0.25, 0.3) is 0 Å². The molecule has 0 atom stereocenters. The van der Waals surface area contributed by atoms with Gasteiger partial charge in [0, 0.05) is 32.6 Å². The number of amides is 1. The van der Waals surface area contributed by atoms with Crippen molar-refractivity contribution in [2.75, 3.05) is 26.7 Å². The number of nitrogens with zero attached hydrogens (tertiary/aromatic N) is 1. The molecule has 3 N–H and O–H groups in total. The summed E-state index contributed by atoms with van der Waals surface area (Å²) in [5.74, 6) is 0.875. The number of nitrogens with one attached hydrogen (secondary N) is 3. The Kier molecular flexibility index (Phi) is 8.60. The molecule has 1 amide bonds. The molecule has 1 saturated carbocycles. The number of benzene rings is 1. The van der Waals surface area contributed by atoms with Gasteiger partial charge in [0.15, 0.2) is 5.96 Å². The van der Waals surface area contributed by atoms with Gasteiger partial charge in [-0.3, -0.25) is 9.79 Å². The van der Waals surface area contributed by atoms with Crippen molar-refractivity contribution in [2.45, 2.75) is 44.7 Å². The summed E-state index contributed by atoms with van der Waals surface area (Å²) in [6, 6.07) is 5.16. The van der Waals surface area contributed by atoms with E-state index >= 15 is 0 Å². The summed E-state index contributed by atoms with van der Waals surface area (Å²) < 4.78 is 37.7. The van der Waals surface area contributed by atoms with Crippen LogP contribution in [0.15, 0.2) is 29.3 Å². The average molecular weight is 398 g/mol. The maximum atomic E-state index is 12.6. The molecule has 0 heterocycles. The van der Waals surface area contributed by atoms with Crippen molar-refractivity contribution in [1.82, 2.24) is 16.0 Å². The number of hydrogen-bond acceptors (Lipinski definition) is 2. The van der Waals surface area contributed by atoms with E-state index in [-0.39, 0.29) is 11.8 Å². The fraction of sp³-hybridized carbons (Fsp3) is 0.600. The molecular formula is C20H29F3N4O. The van der Waals surface area contributed by atoms with Crippen LogP contribution in [0.4, 0.5) is 13.2 Å². The van der Waals surface area contributed by atoms with E-state index in [1.165, 1.54) is 18.6 Å². The van der Waals surface area contributed by atoms with Gasteiger partial charge in [-0.05, 0) is 37.0 Å². The zero-order chi connectivity index (χ0) is 20.4. The van der Waals surface area contributed by atoms with E-state index in [9.17, 15) is 18.0 Å². The predicted octanol–water partition coefficient (Wildman–Crippen LogP) is 3.11. The number of guanidine groups is 1. The van der Waals surface area contributed by atoms with Crippen molar-refractivity contribution in [2.24, 2.45) is 10.9 Å². The van der Waals surface area contributed by atoms with Gasteiger partial charge in [-0.15, -0.1) is 0 Å². The van der Waals surface area contributed by atoms with Crippen molar-refractivity contribution in [1.29, 1.82) is 0 Å². The Labute approximate surface area is 164 Å². The number of hydrogen-bond donors (Lipinski definition) is 3. The molecule has 1 aliphatic carbocycles. The molecule has 1 aliphatic rings. The highest BCUT2D eigenvalue weighted by Gasteiger charge is 2.29. The fourth-order valence-corrected chi connectivity index (χ4v) is 3.28. The van der Waals surface area contributed by atoms with E-state index in [4.69, 9.17) is 0 Å². The van der Waals surface area contributed by atoms with Crippen LogP contribution in [0.5, 0.6) is 0 Å². The smallest absolute Gasteiger partial charge is 0.356 e. The van der Waals surface area contributed by atoms with Gasteiger partial charge in [0.2, 0.25) is 5.91 Å². The van der Waals surface area contributed by atoms with Crippen LogP contribution < -0.4 is 16.0 Å². The average Bonchev–Trinajstić information content (AvgIpc) is 2.70. The highest BCUT2D eigenvalue weighted by molar-refractivity contribution is 5.80. The molecule has 8 heteroatoms. The van der Waals surface area contributed by atoms with Crippen LogP contribution in [0, 0.1) is 5.92 Å². The first-order valence-corrected chi connectivity index (χ1v) is 9.78. The van der Waals surface area contributed by atoms with Crippen LogP contribution in [0.2, 0.25) is 0 Å². The van der Waals surface area contributed by atoms with Gasteiger partial charge in [0.25, 0.3) is 0 Å². The van der Waals surface area contributed by atoms with Crippen LogP contribution in [0.1, 0.15) is 43.2 Å². The zero-order valence-electron chi connectivity index (χ0n) is 16.2. The van der Waals surface area contributed by atoms with E-state index in [1.807, 2.05) is 0 Å². The van der Waals surface area contributed by atoms with Crippen LogP contribution in [-0.4, -0.2) is 38.5 Å². The Bertz CT molecular complexity index is 638. The number of carbonyl (C=O) groups is 1. The minimum Gasteiger partial charge on any atom is -0.356 e. The first-order chi connectivity index (χ1) is 13.4. The summed E-state index contributed by atoms with van der Waals surface area (Å²) in [5, 5.41) is 9.19. The lowest BCUT2D eigenvalue weighted by molar-refractivity contribution is -0.137. The summed E-state index contributed by atoms with van der Waals surface area (Å²) >= 11 is 0. The van der Waals surface area contributed by atoms with Crippen molar-refractivity contribution in [3.8, 4) is 0 Å².